The summed E-state index contributed by atoms with van der Waals surface area (Å²) in [7, 11) is 0. The Kier molecular flexibility index (Phi) is 4.43. The van der Waals surface area contributed by atoms with Crippen molar-refractivity contribution in [3.8, 4) is 0 Å². The minimum absolute atomic E-state index is 0.150. The molecule has 13 heavy (non-hydrogen) atoms. The predicted molar refractivity (Wildman–Crippen MR) is 52.7 cm³/mol. The van der Waals surface area contributed by atoms with Crippen LogP contribution in [-0.4, -0.2) is 18.0 Å². The zero-order valence-electron chi connectivity index (χ0n) is 8.71. The molecule has 0 spiro atoms. The molecule has 0 radical (unpaired) electrons. The van der Waals surface area contributed by atoms with Gasteiger partial charge in [-0.25, -0.2) is 0 Å². The van der Waals surface area contributed by atoms with E-state index in [0.717, 1.165) is 19.3 Å². The first kappa shape index (κ1) is 10.7. The summed E-state index contributed by atoms with van der Waals surface area (Å²) in [6, 6.07) is 0. The molecule has 1 fully saturated rings. The molecule has 1 rings (SSSR count). The average molecular weight is 184 g/mol. The quantitative estimate of drug-likeness (QED) is 0.671. The van der Waals surface area contributed by atoms with Crippen LogP contribution >= 0.6 is 0 Å². The number of ketones is 1. The molecule has 1 aliphatic rings. The molecule has 0 bridgehead atoms. The number of carbonyl (C=O) groups is 1. The summed E-state index contributed by atoms with van der Waals surface area (Å²) in [6.07, 6.45) is 7.15. The van der Waals surface area contributed by atoms with Gasteiger partial charge in [0.15, 0.2) is 5.78 Å². The van der Waals surface area contributed by atoms with Crippen molar-refractivity contribution < 1.29 is 9.53 Å². The third-order valence-electron chi connectivity index (χ3n) is 2.73. The molecule has 76 valence electrons. The average Bonchev–Trinajstić information content (AvgIpc) is 2.15. The number of ether oxygens (including phenoxy) is 1. The highest BCUT2D eigenvalue weighted by Gasteiger charge is 2.20. The summed E-state index contributed by atoms with van der Waals surface area (Å²) in [5, 5.41) is 0. The van der Waals surface area contributed by atoms with Crippen LogP contribution in [0.1, 0.15) is 52.4 Å². The minimum atomic E-state index is -0.150. The standard InChI is InChI=1S/C11H20O2/c1-3-11(9(2)12)13-10-7-5-4-6-8-10/h10-11H,3-8H2,1-2H3. The van der Waals surface area contributed by atoms with Gasteiger partial charge in [0.1, 0.15) is 6.10 Å². The van der Waals surface area contributed by atoms with E-state index in [1.54, 1.807) is 6.92 Å². The molecule has 2 nitrogen and oxygen atoms in total. The summed E-state index contributed by atoms with van der Waals surface area (Å²) in [5.74, 6) is 0.174. The van der Waals surface area contributed by atoms with Gasteiger partial charge in [0, 0.05) is 0 Å². The maximum atomic E-state index is 11.1. The van der Waals surface area contributed by atoms with E-state index in [1.165, 1.54) is 19.3 Å². The van der Waals surface area contributed by atoms with Crippen molar-refractivity contribution in [1.82, 2.24) is 0 Å². The van der Waals surface area contributed by atoms with Crippen LogP contribution in [0.5, 0.6) is 0 Å². The lowest BCUT2D eigenvalue weighted by atomic mass is 9.97. The van der Waals surface area contributed by atoms with E-state index in [-0.39, 0.29) is 11.9 Å². The van der Waals surface area contributed by atoms with Crippen molar-refractivity contribution in [2.45, 2.75) is 64.6 Å². The van der Waals surface area contributed by atoms with Crippen LogP contribution in [0.15, 0.2) is 0 Å². The third-order valence-corrected chi connectivity index (χ3v) is 2.73. The van der Waals surface area contributed by atoms with E-state index in [9.17, 15) is 4.79 Å². The molecule has 1 unspecified atom stereocenters. The highest BCUT2D eigenvalue weighted by Crippen LogP contribution is 2.22. The molecule has 0 heterocycles. The number of hydrogen-bond acceptors (Lipinski definition) is 2. The molecular formula is C11H20O2. The maximum absolute atomic E-state index is 11.1. The topological polar surface area (TPSA) is 26.3 Å². The van der Waals surface area contributed by atoms with E-state index in [4.69, 9.17) is 4.74 Å². The van der Waals surface area contributed by atoms with Crippen LogP contribution < -0.4 is 0 Å². The molecule has 1 atom stereocenters. The first-order valence-corrected chi connectivity index (χ1v) is 5.40. The molecule has 0 aliphatic heterocycles. The molecule has 2 heteroatoms. The lowest BCUT2D eigenvalue weighted by Crippen LogP contribution is -2.28. The second-order valence-electron chi connectivity index (χ2n) is 3.90. The van der Waals surface area contributed by atoms with Crippen LogP contribution in [-0.2, 0) is 9.53 Å². The molecule has 1 aliphatic carbocycles. The van der Waals surface area contributed by atoms with Crippen LogP contribution in [0.25, 0.3) is 0 Å². The molecular weight excluding hydrogens is 164 g/mol. The molecule has 0 amide bonds. The van der Waals surface area contributed by atoms with Crippen molar-refractivity contribution in [3.63, 3.8) is 0 Å². The van der Waals surface area contributed by atoms with Gasteiger partial charge in [-0.15, -0.1) is 0 Å². The molecule has 1 saturated carbocycles. The Hall–Kier alpha value is -0.370. The van der Waals surface area contributed by atoms with Crippen LogP contribution in [0.4, 0.5) is 0 Å². The van der Waals surface area contributed by atoms with Crippen molar-refractivity contribution >= 4 is 5.78 Å². The molecule has 0 N–H and O–H groups in total. The van der Waals surface area contributed by atoms with Gasteiger partial charge in [-0.05, 0) is 26.2 Å². The van der Waals surface area contributed by atoms with Crippen molar-refractivity contribution in [2.75, 3.05) is 0 Å². The number of hydrogen-bond donors (Lipinski definition) is 0. The lowest BCUT2D eigenvalue weighted by Gasteiger charge is -2.25. The number of rotatable bonds is 4. The first-order chi connectivity index (χ1) is 6.24. The Morgan fingerprint density at radius 1 is 1.38 bits per heavy atom. The highest BCUT2D eigenvalue weighted by molar-refractivity contribution is 5.80. The molecule has 0 aromatic rings. The van der Waals surface area contributed by atoms with Gasteiger partial charge < -0.3 is 4.74 Å². The second kappa shape index (κ2) is 5.38. The Balaban J connectivity index is 2.31. The Morgan fingerprint density at radius 3 is 2.46 bits per heavy atom. The fraction of sp³-hybridized carbons (Fsp3) is 0.909. The minimum Gasteiger partial charge on any atom is -0.367 e. The van der Waals surface area contributed by atoms with Gasteiger partial charge in [0.2, 0.25) is 0 Å². The van der Waals surface area contributed by atoms with E-state index < -0.39 is 0 Å². The monoisotopic (exact) mass is 184 g/mol. The number of carbonyl (C=O) groups excluding carboxylic acids is 1. The zero-order chi connectivity index (χ0) is 9.68. The van der Waals surface area contributed by atoms with Gasteiger partial charge in [0.25, 0.3) is 0 Å². The summed E-state index contributed by atoms with van der Waals surface area (Å²) in [4.78, 5) is 11.1. The maximum Gasteiger partial charge on any atom is 0.158 e. The van der Waals surface area contributed by atoms with Gasteiger partial charge in [-0.1, -0.05) is 26.2 Å². The second-order valence-corrected chi connectivity index (χ2v) is 3.90. The fourth-order valence-electron chi connectivity index (χ4n) is 1.91. The van der Waals surface area contributed by atoms with Crippen LogP contribution in [0, 0.1) is 0 Å². The van der Waals surface area contributed by atoms with E-state index in [0.29, 0.717) is 6.10 Å². The van der Waals surface area contributed by atoms with Gasteiger partial charge in [-0.2, -0.15) is 0 Å². The SMILES string of the molecule is CCC(OC1CCCCC1)C(C)=O. The Morgan fingerprint density at radius 2 is 2.00 bits per heavy atom. The molecule has 0 aromatic heterocycles. The summed E-state index contributed by atoms with van der Waals surface area (Å²) < 4.78 is 5.75. The van der Waals surface area contributed by atoms with E-state index in [2.05, 4.69) is 0 Å². The Bertz CT molecular complexity index is 159. The van der Waals surface area contributed by atoms with Crippen LogP contribution in [0.3, 0.4) is 0 Å². The predicted octanol–water partition coefficient (Wildman–Crippen LogP) is 2.70. The summed E-state index contributed by atoms with van der Waals surface area (Å²) in [6.45, 7) is 3.63. The lowest BCUT2D eigenvalue weighted by molar-refractivity contribution is -0.133. The van der Waals surface area contributed by atoms with Crippen LogP contribution in [0.2, 0.25) is 0 Å². The van der Waals surface area contributed by atoms with Crippen molar-refractivity contribution in [1.29, 1.82) is 0 Å². The van der Waals surface area contributed by atoms with Gasteiger partial charge in [-0.3, -0.25) is 4.79 Å². The number of Topliss-reactive ketones (excluding diaryl/α,β-unsaturated/α-hetero) is 1. The smallest absolute Gasteiger partial charge is 0.158 e. The van der Waals surface area contributed by atoms with Crippen molar-refractivity contribution in [2.24, 2.45) is 0 Å². The normalized spacial score (nSPS) is 21.4. The largest absolute Gasteiger partial charge is 0.367 e. The zero-order valence-corrected chi connectivity index (χ0v) is 8.71. The summed E-state index contributed by atoms with van der Waals surface area (Å²) >= 11 is 0. The summed E-state index contributed by atoms with van der Waals surface area (Å²) in [5.41, 5.74) is 0. The molecule has 0 aromatic carbocycles. The van der Waals surface area contributed by atoms with Gasteiger partial charge >= 0.3 is 0 Å². The van der Waals surface area contributed by atoms with E-state index >= 15 is 0 Å². The Labute approximate surface area is 80.7 Å². The van der Waals surface area contributed by atoms with Crippen molar-refractivity contribution in [3.05, 3.63) is 0 Å². The fourth-order valence-corrected chi connectivity index (χ4v) is 1.91. The first-order valence-electron chi connectivity index (χ1n) is 5.40. The third kappa shape index (κ3) is 3.47. The van der Waals surface area contributed by atoms with E-state index in [1.807, 2.05) is 6.92 Å². The highest BCUT2D eigenvalue weighted by atomic mass is 16.5. The molecule has 0 saturated heterocycles. The van der Waals surface area contributed by atoms with Gasteiger partial charge in [0.05, 0.1) is 6.10 Å².